The molecule has 0 saturated heterocycles. The van der Waals surface area contributed by atoms with Crippen molar-refractivity contribution in [3.05, 3.63) is 72.4 Å². The van der Waals surface area contributed by atoms with Crippen LogP contribution in [0.1, 0.15) is 42.5 Å². The van der Waals surface area contributed by atoms with Gasteiger partial charge in [0, 0.05) is 43.6 Å². The Hall–Kier alpha value is -3.49. The fourth-order valence-corrected chi connectivity index (χ4v) is 3.96. The van der Waals surface area contributed by atoms with Crippen LogP contribution in [0.4, 0.5) is 5.69 Å². The molecule has 3 heterocycles. The molecule has 1 aromatic carbocycles. The Labute approximate surface area is 191 Å². The summed E-state index contributed by atoms with van der Waals surface area (Å²) in [6.07, 6.45) is 7.98. The predicted octanol–water partition coefficient (Wildman–Crippen LogP) is 3.84. The Morgan fingerprint density at radius 3 is 2.85 bits per heavy atom. The maximum absolute atomic E-state index is 13.0. The summed E-state index contributed by atoms with van der Waals surface area (Å²) in [6, 6.07) is 11.2. The van der Waals surface area contributed by atoms with Gasteiger partial charge < -0.3 is 19.9 Å². The number of aliphatic hydroxyl groups excluding tert-OH is 1. The lowest BCUT2D eigenvalue weighted by molar-refractivity contribution is -0.143. The smallest absolute Gasteiger partial charge is 0.290 e. The summed E-state index contributed by atoms with van der Waals surface area (Å²) in [4.78, 5) is 29.2. The predicted molar refractivity (Wildman–Crippen MR) is 124 cm³/mol. The van der Waals surface area contributed by atoms with Gasteiger partial charge in [0.2, 0.25) is 12.2 Å². The molecule has 1 aliphatic heterocycles. The molecular formula is C25H27N3O5. The number of nitrogens with one attached hydrogen (secondary N) is 1. The van der Waals surface area contributed by atoms with Crippen LogP contribution in [0.5, 0.6) is 0 Å². The molecule has 0 fully saturated rings. The normalized spacial score (nSPS) is 17.9. The molecule has 0 aliphatic carbocycles. The molecule has 2 N–H and O–H groups in total. The highest BCUT2D eigenvalue weighted by Gasteiger charge is 2.30. The highest BCUT2D eigenvalue weighted by atomic mass is 16.7. The molecule has 0 spiro atoms. The Bertz CT molecular complexity index is 1160. The maximum Gasteiger partial charge on any atom is 0.290 e. The molecule has 4 rings (SSSR count). The number of nitrogens with zero attached hydrogens (tertiary/aromatic N) is 2. The number of anilines is 1. The Morgan fingerprint density at radius 2 is 2.09 bits per heavy atom. The van der Waals surface area contributed by atoms with Crippen LogP contribution < -0.4 is 5.32 Å². The van der Waals surface area contributed by atoms with Gasteiger partial charge in [-0.2, -0.15) is 0 Å². The summed E-state index contributed by atoms with van der Waals surface area (Å²) >= 11 is 0. The number of aromatic nitrogens is 2. The number of amides is 1. The molecule has 2 atom stereocenters. The fourth-order valence-electron chi connectivity index (χ4n) is 3.96. The monoisotopic (exact) mass is 449 g/mol. The number of para-hydroxylation sites is 1. The highest BCUT2D eigenvalue weighted by Crippen LogP contribution is 2.36. The minimum atomic E-state index is -0.632. The van der Waals surface area contributed by atoms with E-state index in [0.717, 1.165) is 16.5 Å². The van der Waals surface area contributed by atoms with E-state index in [4.69, 9.17) is 14.6 Å². The lowest BCUT2D eigenvalue weighted by Crippen LogP contribution is -2.29. The number of hydrogen-bond donors (Lipinski definition) is 2. The SMILES string of the molecule is CC(=O)n1cc([C@@H]2C=C(C(=O)Nc3cccnc3)O[C@H](OCCCCO)C2)c2ccccc21. The van der Waals surface area contributed by atoms with Crippen LogP contribution in [0.3, 0.4) is 0 Å². The van der Waals surface area contributed by atoms with Crippen LogP contribution in [-0.4, -0.2) is 46.0 Å². The van der Waals surface area contributed by atoms with Crippen molar-refractivity contribution in [2.24, 2.45) is 0 Å². The second-order valence-electron chi connectivity index (χ2n) is 7.91. The van der Waals surface area contributed by atoms with Crippen molar-refractivity contribution in [2.45, 2.75) is 38.4 Å². The lowest BCUT2D eigenvalue weighted by Gasteiger charge is -2.29. The van der Waals surface area contributed by atoms with E-state index in [1.165, 1.54) is 6.92 Å². The summed E-state index contributed by atoms with van der Waals surface area (Å²) in [7, 11) is 0. The minimum Gasteiger partial charge on any atom is -0.459 e. The van der Waals surface area contributed by atoms with Gasteiger partial charge in [0.05, 0.1) is 24.0 Å². The summed E-state index contributed by atoms with van der Waals surface area (Å²) < 4.78 is 13.4. The molecule has 172 valence electrons. The van der Waals surface area contributed by atoms with Crippen molar-refractivity contribution in [1.29, 1.82) is 0 Å². The van der Waals surface area contributed by atoms with Crippen LogP contribution in [0.2, 0.25) is 0 Å². The molecule has 8 heteroatoms. The van der Waals surface area contributed by atoms with Crippen molar-refractivity contribution < 1.29 is 24.2 Å². The van der Waals surface area contributed by atoms with E-state index >= 15 is 0 Å². The van der Waals surface area contributed by atoms with Crippen molar-refractivity contribution >= 4 is 28.4 Å². The van der Waals surface area contributed by atoms with E-state index < -0.39 is 12.2 Å². The number of aliphatic hydroxyl groups is 1. The molecule has 33 heavy (non-hydrogen) atoms. The molecule has 0 unspecified atom stereocenters. The molecule has 2 aromatic heterocycles. The molecule has 1 aliphatic rings. The second-order valence-corrected chi connectivity index (χ2v) is 7.91. The van der Waals surface area contributed by atoms with Gasteiger partial charge in [0.15, 0.2) is 5.76 Å². The van der Waals surface area contributed by atoms with Crippen LogP contribution >= 0.6 is 0 Å². The number of pyridine rings is 1. The first-order valence-corrected chi connectivity index (χ1v) is 11.0. The van der Waals surface area contributed by atoms with Crippen LogP contribution in [0, 0.1) is 0 Å². The van der Waals surface area contributed by atoms with Crippen molar-refractivity contribution in [3.63, 3.8) is 0 Å². The third kappa shape index (κ3) is 5.30. The van der Waals surface area contributed by atoms with Gasteiger partial charge in [-0.25, -0.2) is 0 Å². The van der Waals surface area contributed by atoms with Crippen LogP contribution in [0.25, 0.3) is 10.9 Å². The zero-order chi connectivity index (χ0) is 23.2. The average molecular weight is 450 g/mol. The summed E-state index contributed by atoms with van der Waals surface area (Å²) in [5.74, 6) is -0.518. The summed E-state index contributed by atoms with van der Waals surface area (Å²) in [6.45, 7) is 2.03. The van der Waals surface area contributed by atoms with Gasteiger partial charge in [0.1, 0.15) is 0 Å². The lowest BCUT2D eigenvalue weighted by atomic mass is 9.92. The first-order chi connectivity index (χ1) is 16.1. The Morgan fingerprint density at radius 1 is 1.24 bits per heavy atom. The zero-order valence-corrected chi connectivity index (χ0v) is 18.4. The van der Waals surface area contributed by atoms with E-state index in [-0.39, 0.29) is 24.2 Å². The number of hydrogen-bond acceptors (Lipinski definition) is 6. The first-order valence-electron chi connectivity index (χ1n) is 11.0. The summed E-state index contributed by atoms with van der Waals surface area (Å²) in [5, 5.41) is 12.8. The van der Waals surface area contributed by atoms with E-state index in [0.29, 0.717) is 31.6 Å². The topological polar surface area (TPSA) is 103 Å². The number of rotatable bonds is 8. The van der Waals surface area contributed by atoms with Gasteiger partial charge in [-0.15, -0.1) is 0 Å². The zero-order valence-electron chi connectivity index (χ0n) is 18.4. The van der Waals surface area contributed by atoms with Crippen molar-refractivity contribution in [1.82, 2.24) is 9.55 Å². The molecule has 3 aromatic rings. The largest absolute Gasteiger partial charge is 0.459 e. The second kappa shape index (κ2) is 10.4. The van der Waals surface area contributed by atoms with Crippen LogP contribution in [0.15, 0.2) is 66.8 Å². The Kier molecular flexibility index (Phi) is 7.16. The number of fused-ring (bicyclic) bond motifs is 1. The molecule has 0 bridgehead atoms. The average Bonchev–Trinajstić information content (AvgIpc) is 3.22. The standard InChI is InChI=1S/C25H27N3O5/c1-17(30)28-16-21(20-8-2-3-9-22(20)28)18-13-23(25(31)27-19-7-6-10-26-15-19)33-24(14-18)32-12-5-4-11-29/h2-3,6-10,13,15-16,18,24,29H,4-5,11-12,14H2,1H3,(H,27,31)/t18-,24+/m1/s1. The maximum atomic E-state index is 13.0. The van der Waals surface area contributed by atoms with Gasteiger partial charge in [0.25, 0.3) is 5.91 Å². The van der Waals surface area contributed by atoms with Gasteiger partial charge in [-0.05, 0) is 42.7 Å². The number of carbonyl (C=O) groups is 2. The third-order valence-corrected chi connectivity index (χ3v) is 5.54. The number of ether oxygens (including phenoxy) is 2. The van der Waals surface area contributed by atoms with Crippen molar-refractivity contribution in [2.75, 3.05) is 18.5 Å². The molecule has 0 saturated carbocycles. The molecular weight excluding hydrogens is 422 g/mol. The third-order valence-electron chi connectivity index (χ3n) is 5.54. The van der Waals surface area contributed by atoms with Gasteiger partial charge in [-0.3, -0.25) is 19.1 Å². The van der Waals surface area contributed by atoms with Gasteiger partial charge >= 0.3 is 0 Å². The molecule has 8 nitrogen and oxygen atoms in total. The van der Waals surface area contributed by atoms with E-state index in [9.17, 15) is 9.59 Å². The van der Waals surface area contributed by atoms with Crippen LogP contribution in [-0.2, 0) is 14.3 Å². The number of benzene rings is 1. The molecule has 1 amide bonds. The number of unbranched alkanes of at least 4 members (excludes halogenated alkanes) is 1. The quantitative estimate of drug-likeness (QED) is 0.507. The van der Waals surface area contributed by atoms with E-state index in [1.54, 1.807) is 35.2 Å². The van der Waals surface area contributed by atoms with E-state index in [1.807, 2.05) is 30.5 Å². The summed E-state index contributed by atoms with van der Waals surface area (Å²) in [5.41, 5.74) is 2.31. The fraction of sp³-hybridized carbons (Fsp3) is 0.320. The Balaban J connectivity index is 1.65. The highest BCUT2D eigenvalue weighted by molar-refractivity contribution is 6.02. The molecule has 0 radical (unpaired) electrons. The number of carbonyl (C=O) groups excluding carboxylic acids is 2. The van der Waals surface area contributed by atoms with Gasteiger partial charge in [-0.1, -0.05) is 18.2 Å². The van der Waals surface area contributed by atoms with Crippen molar-refractivity contribution in [3.8, 4) is 0 Å². The minimum absolute atomic E-state index is 0.0835. The van der Waals surface area contributed by atoms with E-state index in [2.05, 4.69) is 10.3 Å². The number of allylic oxidation sites excluding steroid dienone is 1. The first kappa shape index (κ1) is 22.7.